The van der Waals surface area contributed by atoms with Gasteiger partial charge < -0.3 is 9.88 Å². The van der Waals surface area contributed by atoms with Gasteiger partial charge >= 0.3 is 0 Å². The number of hydrogen-bond donors (Lipinski definition) is 1. The third-order valence-electron chi connectivity index (χ3n) is 3.24. The molecule has 0 bridgehead atoms. The molecule has 0 atom stereocenters. The van der Waals surface area contributed by atoms with Crippen LogP contribution < -0.4 is 0 Å². The maximum atomic E-state index is 12.0. The van der Waals surface area contributed by atoms with Gasteiger partial charge in [-0.15, -0.1) is 0 Å². The summed E-state index contributed by atoms with van der Waals surface area (Å²) in [5, 5.41) is 0. The molecule has 1 aromatic heterocycles. The minimum atomic E-state index is 0.139. The molecule has 4 heteroatoms. The highest BCUT2D eigenvalue weighted by molar-refractivity contribution is 5.76. The van der Waals surface area contributed by atoms with Gasteiger partial charge in [-0.1, -0.05) is 24.3 Å². The van der Waals surface area contributed by atoms with E-state index in [2.05, 4.69) is 29.0 Å². The molecule has 0 aliphatic heterocycles. The van der Waals surface area contributed by atoms with Crippen LogP contribution in [0.3, 0.4) is 0 Å². The van der Waals surface area contributed by atoms with Crippen molar-refractivity contribution < 1.29 is 4.79 Å². The van der Waals surface area contributed by atoms with Crippen LogP contribution in [-0.2, 0) is 17.8 Å². The number of aryl methyl sites for hydroxylation is 2. The van der Waals surface area contributed by atoms with Crippen LogP contribution in [-0.4, -0.2) is 27.8 Å². The van der Waals surface area contributed by atoms with Gasteiger partial charge in [0, 0.05) is 25.9 Å². The molecule has 0 spiro atoms. The maximum Gasteiger partial charge on any atom is 0.223 e. The summed E-state index contributed by atoms with van der Waals surface area (Å²) in [5.41, 5.74) is 2.48. The summed E-state index contributed by atoms with van der Waals surface area (Å²) >= 11 is 0. The zero-order valence-electron chi connectivity index (χ0n) is 11.4. The van der Waals surface area contributed by atoms with Crippen molar-refractivity contribution >= 4 is 5.91 Å². The first kappa shape index (κ1) is 13.3. The van der Waals surface area contributed by atoms with Crippen molar-refractivity contribution in [1.29, 1.82) is 0 Å². The Labute approximate surface area is 113 Å². The van der Waals surface area contributed by atoms with Crippen LogP contribution in [0, 0.1) is 6.92 Å². The standard InChI is InChI=1S/C15H19N3O/c1-12-5-3-4-6-13(12)7-8-15(19)18(2)11-14-16-9-10-17-14/h3-6,9-10H,7-8,11H2,1-2H3,(H,16,17). The Morgan fingerprint density at radius 2 is 2.16 bits per heavy atom. The summed E-state index contributed by atoms with van der Waals surface area (Å²) in [6, 6.07) is 8.19. The number of amides is 1. The lowest BCUT2D eigenvalue weighted by Gasteiger charge is -2.16. The van der Waals surface area contributed by atoms with Crippen LogP contribution in [0.15, 0.2) is 36.7 Å². The van der Waals surface area contributed by atoms with Crippen LogP contribution in [0.4, 0.5) is 0 Å². The third-order valence-corrected chi connectivity index (χ3v) is 3.24. The molecule has 0 saturated carbocycles. The molecule has 1 heterocycles. The number of benzene rings is 1. The Kier molecular flexibility index (Phi) is 4.34. The molecule has 0 aliphatic carbocycles. The normalized spacial score (nSPS) is 10.4. The molecule has 0 fully saturated rings. The summed E-state index contributed by atoms with van der Waals surface area (Å²) in [6.07, 6.45) is 4.78. The minimum absolute atomic E-state index is 0.139. The first-order valence-electron chi connectivity index (χ1n) is 6.43. The van der Waals surface area contributed by atoms with Crippen LogP contribution >= 0.6 is 0 Å². The molecule has 0 unspecified atom stereocenters. The average molecular weight is 257 g/mol. The Hall–Kier alpha value is -2.10. The van der Waals surface area contributed by atoms with E-state index < -0.39 is 0 Å². The van der Waals surface area contributed by atoms with E-state index in [1.54, 1.807) is 17.3 Å². The Morgan fingerprint density at radius 3 is 2.84 bits per heavy atom. The fraction of sp³-hybridized carbons (Fsp3) is 0.333. The van der Waals surface area contributed by atoms with E-state index in [1.165, 1.54) is 11.1 Å². The molecule has 2 aromatic rings. The van der Waals surface area contributed by atoms with Crippen LogP contribution in [0.25, 0.3) is 0 Å². The number of hydrogen-bond acceptors (Lipinski definition) is 2. The molecule has 0 aliphatic rings. The summed E-state index contributed by atoms with van der Waals surface area (Å²) in [6.45, 7) is 2.60. The van der Waals surface area contributed by atoms with Crippen molar-refractivity contribution in [3.63, 3.8) is 0 Å². The van der Waals surface area contributed by atoms with E-state index >= 15 is 0 Å². The number of aromatic amines is 1. The van der Waals surface area contributed by atoms with Gasteiger partial charge in [0.15, 0.2) is 0 Å². The molecule has 4 nitrogen and oxygen atoms in total. The Balaban J connectivity index is 1.86. The maximum absolute atomic E-state index is 12.0. The second-order valence-corrected chi connectivity index (χ2v) is 4.71. The van der Waals surface area contributed by atoms with Gasteiger partial charge in [-0.25, -0.2) is 4.98 Å². The fourth-order valence-electron chi connectivity index (χ4n) is 2.02. The predicted octanol–water partition coefficient (Wildman–Crippen LogP) is 2.31. The summed E-state index contributed by atoms with van der Waals surface area (Å²) in [4.78, 5) is 20.9. The van der Waals surface area contributed by atoms with E-state index in [9.17, 15) is 4.79 Å². The highest BCUT2D eigenvalue weighted by Crippen LogP contribution is 2.10. The molecular weight excluding hydrogens is 238 g/mol. The summed E-state index contributed by atoms with van der Waals surface area (Å²) in [5.74, 6) is 0.950. The number of nitrogens with one attached hydrogen (secondary N) is 1. The number of aromatic nitrogens is 2. The lowest BCUT2D eigenvalue weighted by Crippen LogP contribution is -2.26. The molecule has 100 valence electrons. The van der Waals surface area contributed by atoms with E-state index in [0.29, 0.717) is 13.0 Å². The molecule has 0 radical (unpaired) electrons. The highest BCUT2D eigenvalue weighted by Gasteiger charge is 2.10. The average Bonchev–Trinajstić information content (AvgIpc) is 2.90. The zero-order chi connectivity index (χ0) is 13.7. The molecule has 19 heavy (non-hydrogen) atoms. The first-order valence-corrected chi connectivity index (χ1v) is 6.43. The van der Waals surface area contributed by atoms with E-state index in [0.717, 1.165) is 12.2 Å². The van der Waals surface area contributed by atoms with Gasteiger partial charge in [0.2, 0.25) is 5.91 Å². The van der Waals surface area contributed by atoms with Gasteiger partial charge in [-0.3, -0.25) is 4.79 Å². The highest BCUT2D eigenvalue weighted by atomic mass is 16.2. The van der Waals surface area contributed by atoms with Crippen molar-refractivity contribution in [2.45, 2.75) is 26.3 Å². The van der Waals surface area contributed by atoms with Crippen molar-refractivity contribution in [1.82, 2.24) is 14.9 Å². The van der Waals surface area contributed by atoms with E-state index in [4.69, 9.17) is 0 Å². The van der Waals surface area contributed by atoms with Crippen molar-refractivity contribution in [3.8, 4) is 0 Å². The van der Waals surface area contributed by atoms with Crippen LogP contribution in [0.2, 0.25) is 0 Å². The SMILES string of the molecule is Cc1ccccc1CCC(=O)N(C)Cc1ncc[nH]1. The molecular formula is C15H19N3O. The second-order valence-electron chi connectivity index (χ2n) is 4.71. The number of nitrogens with zero attached hydrogens (tertiary/aromatic N) is 2. The van der Waals surface area contributed by atoms with Gasteiger partial charge in [0.05, 0.1) is 6.54 Å². The molecule has 0 saturated heterocycles. The number of carbonyl (C=O) groups is 1. The van der Waals surface area contributed by atoms with E-state index in [1.807, 2.05) is 19.2 Å². The van der Waals surface area contributed by atoms with Crippen LogP contribution in [0.1, 0.15) is 23.4 Å². The van der Waals surface area contributed by atoms with Crippen molar-refractivity contribution in [3.05, 3.63) is 53.6 Å². The largest absolute Gasteiger partial charge is 0.347 e. The molecule has 1 aromatic carbocycles. The lowest BCUT2D eigenvalue weighted by atomic mass is 10.0. The molecule has 1 N–H and O–H groups in total. The number of imidazole rings is 1. The smallest absolute Gasteiger partial charge is 0.223 e. The summed E-state index contributed by atoms with van der Waals surface area (Å²) in [7, 11) is 1.81. The zero-order valence-corrected chi connectivity index (χ0v) is 11.4. The quantitative estimate of drug-likeness (QED) is 0.893. The van der Waals surface area contributed by atoms with Crippen LogP contribution in [0.5, 0.6) is 0 Å². The van der Waals surface area contributed by atoms with Gasteiger partial charge in [0.25, 0.3) is 0 Å². The minimum Gasteiger partial charge on any atom is -0.347 e. The number of rotatable bonds is 5. The summed E-state index contributed by atoms with van der Waals surface area (Å²) < 4.78 is 0. The number of carbonyl (C=O) groups excluding carboxylic acids is 1. The molecule has 1 amide bonds. The van der Waals surface area contributed by atoms with Gasteiger partial charge in [0.1, 0.15) is 5.82 Å². The monoisotopic (exact) mass is 257 g/mol. The Bertz CT molecular complexity index is 534. The van der Waals surface area contributed by atoms with Gasteiger partial charge in [-0.05, 0) is 24.5 Å². The van der Waals surface area contributed by atoms with Crippen molar-refractivity contribution in [2.75, 3.05) is 7.05 Å². The van der Waals surface area contributed by atoms with E-state index in [-0.39, 0.29) is 5.91 Å². The molecule has 2 rings (SSSR count). The second kappa shape index (κ2) is 6.18. The topological polar surface area (TPSA) is 49.0 Å². The Morgan fingerprint density at radius 1 is 1.37 bits per heavy atom. The van der Waals surface area contributed by atoms with Crippen molar-refractivity contribution in [2.24, 2.45) is 0 Å². The lowest BCUT2D eigenvalue weighted by molar-refractivity contribution is -0.130. The van der Waals surface area contributed by atoms with Gasteiger partial charge in [-0.2, -0.15) is 0 Å². The predicted molar refractivity (Wildman–Crippen MR) is 74.6 cm³/mol. The number of H-pyrrole nitrogens is 1. The fourth-order valence-corrected chi connectivity index (χ4v) is 2.02. The first-order chi connectivity index (χ1) is 9.16. The third kappa shape index (κ3) is 3.68.